The van der Waals surface area contributed by atoms with Crippen LogP contribution in [-0.4, -0.2) is 54.4 Å². The van der Waals surface area contributed by atoms with Crippen LogP contribution in [0.1, 0.15) is 26.3 Å². The van der Waals surface area contributed by atoms with E-state index in [1.807, 2.05) is 20.8 Å². The summed E-state index contributed by atoms with van der Waals surface area (Å²) >= 11 is 0. The Hall–Kier alpha value is -1.79. The molecule has 6 nitrogen and oxygen atoms in total. The van der Waals surface area contributed by atoms with Gasteiger partial charge in [-0.2, -0.15) is 0 Å². The van der Waals surface area contributed by atoms with Crippen LogP contribution in [-0.2, 0) is 11.2 Å². The molecule has 1 aliphatic heterocycles. The van der Waals surface area contributed by atoms with E-state index in [4.69, 9.17) is 4.74 Å². The summed E-state index contributed by atoms with van der Waals surface area (Å²) in [4.78, 5) is 14.3. The number of rotatable bonds is 4. The van der Waals surface area contributed by atoms with Gasteiger partial charge in [-0.05, 0) is 51.0 Å². The lowest BCUT2D eigenvalue weighted by Crippen LogP contribution is -2.44. The number of piperazine rings is 1. The highest BCUT2D eigenvalue weighted by Gasteiger charge is 2.18. The van der Waals surface area contributed by atoms with Crippen LogP contribution in [0.15, 0.2) is 18.2 Å². The van der Waals surface area contributed by atoms with Crippen molar-refractivity contribution in [1.82, 2.24) is 10.2 Å². The van der Waals surface area contributed by atoms with Crippen LogP contribution in [0.4, 0.5) is 10.5 Å². The molecule has 1 amide bonds. The molecule has 0 saturated carbocycles. The zero-order valence-corrected chi connectivity index (χ0v) is 14.2. The van der Waals surface area contributed by atoms with Crippen molar-refractivity contribution in [2.75, 3.05) is 38.0 Å². The van der Waals surface area contributed by atoms with E-state index in [-0.39, 0.29) is 5.75 Å². The summed E-state index contributed by atoms with van der Waals surface area (Å²) in [5.74, 6) is 0.204. The predicted octanol–water partition coefficient (Wildman–Crippen LogP) is 2.19. The zero-order chi connectivity index (χ0) is 16.9. The molecule has 23 heavy (non-hydrogen) atoms. The van der Waals surface area contributed by atoms with Gasteiger partial charge in [0.1, 0.15) is 11.4 Å². The van der Waals surface area contributed by atoms with E-state index in [9.17, 15) is 9.90 Å². The van der Waals surface area contributed by atoms with Gasteiger partial charge in [0.05, 0.1) is 0 Å². The van der Waals surface area contributed by atoms with Crippen LogP contribution < -0.4 is 10.6 Å². The van der Waals surface area contributed by atoms with Crippen molar-refractivity contribution in [2.45, 2.75) is 32.8 Å². The Morgan fingerprint density at radius 1 is 1.35 bits per heavy atom. The van der Waals surface area contributed by atoms with Crippen molar-refractivity contribution >= 4 is 11.8 Å². The van der Waals surface area contributed by atoms with Gasteiger partial charge in [0, 0.05) is 38.4 Å². The molecule has 6 heteroatoms. The molecule has 0 aliphatic carbocycles. The molecule has 3 N–H and O–H groups in total. The van der Waals surface area contributed by atoms with Gasteiger partial charge < -0.3 is 20.1 Å². The van der Waals surface area contributed by atoms with Gasteiger partial charge in [-0.25, -0.2) is 4.79 Å². The molecule has 1 heterocycles. The Labute approximate surface area is 137 Å². The molecule has 1 aromatic rings. The second-order valence-corrected chi connectivity index (χ2v) is 6.81. The third-order valence-corrected chi connectivity index (χ3v) is 3.63. The molecule has 1 fully saturated rings. The Kier molecular flexibility index (Phi) is 5.85. The number of benzene rings is 1. The first-order valence-electron chi connectivity index (χ1n) is 8.08. The zero-order valence-electron chi connectivity index (χ0n) is 14.2. The van der Waals surface area contributed by atoms with Gasteiger partial charge in [0.25, 0.3) is 0 Å². The highest BCUT2D eigenvalue weighted by Crippen LogP contribution is 2.23. The molecule has 0 spiro atoms. The number of amides is 1. The molecule has 1 aliphatic rings. The van der Waals surface area contributed by atoms with E-state index in [0.29, 0.717) is 5.69 Å². The van der Waals surface area contributed by atoms with E-state index >= 15 is 0 Å². The Balaban J connectivity index is 2.00. The Bertz CT molecular complexity index is 534. The molecule has 1 saturated heterocycles. The molecule has 0 unspecified atom stereocenters. The monoisotopic (exact) mass is 321 g/mol. The summed E-state index contributed by atoms with van der Waals surface area (Å²) in [5.41, 5.74) is 1.06. The fraction of sp³-hybridized carbons (Fsp3) is 0.588. The van der Waals surface area contributed by atoms with Crippen LogP contribution in [0.5, 0.6) is 5.75 Å². The maximum atomic E-state index is 12.0. The van der Waals surface area contributed by atoms with Crippen molar-refractivity contribution < 1.29 is 14.6 Å². The number of nitrogens with zero attached hydrogens (tertiary/aromatic N) is 1. The van der Waals surface area contributed by atoms with Gasteiger partial charge >= 0.3 is 6.09 Å². The molecule has 1 aromatic carbocycles. The normalized spacial score (nSPS) is 16.1. The summed E-state index contributed by atoms with van der Waals surface area (Å²) in [5, 5.41) is 15.8. The standard InChI is InChI=1S/C17H27N3O3/c1-17(2,3)23-16(22)19-15-5-4-14(21)12-13(15)6-9-20-10-7-18-8-11-20/h4-5,12,18,21H,6-11H2,1-3H3,(H,19,22). The van der Waals surface area contributed by atoms with Crippen LogP contribution in [0.3, 0.4) is 0 Å². The van der Waals surface area contributed by atoms with Crippen molar-refractivity contribution in [3.63, 3.8) is 0 Å². The van der Waals surface area contributed by atoms with E-state index in [1.165, 1.54) is 0 Å². The largest absolute Gasteiger partial charge is 0.508 e. The molecule has 0 aromatic heterocycles. The first kappa shape index (κ1) is 17.6. The molecular weight excluding hydrogens is 294 g/mol. The molecule has 0 atom stereocenters. The number of carbonyl (C=O) groups excluding carboxylic acids is 1. The number of anilines is 1. The van der Waals surface area contributed by atoms with Gasteiger partial charge in [-0.3, -0.25) is 5.32 Å². The van der Waals surface area contributed by atoms with E-state index < -0.39 is 11.7 Å². The number of phenolic OH excluding ortho intramolecular Hbond substituents is 1. The minimum atomic E-state index is -0.540. The Morgan fingerprint density at radius 3 is 2.70 bits per heavy atom. The highest BCUT2D eigenvalue weighted by atomic mass is 16.6. The molecular formula is C17H27N3O3. The number of aromatic hydroxyl groups is 1. The van der Waals surface area contributed by atoms with Gasteiger partial charge in [-0.1, -0.05) is 0 Å². The highest BCUT2D eigenvalue weighted by molar-refractivity contribution is 5.86. The molecule has 0 radical (unpaired) electrons. The average molecular weight is 321 g/mol. The van der Waals surface area contributed by atoms with Crippen molar-refractivity contribution in [3.8, 4) is 5.75 Å². The summed E-state index contributed by atoms with van der Waals surface area (Å²) in [6, 6.07) is 4.99. The molecule has 0 bridgehead atoms. The molecule has 2 rings (SSSR count). The van der Waals surface area contributed by atoms with Crippen molar-refractivity contribution in [1.29, 1.82) is 0 Å². The first-order valence-corrected chi connectivity index (χ1v) is 8.08. The topological polar surface area (TPSA) is 73.8 Å². The third kappa shape index (κ3) is 6.08. The van der Waals surface area contributed by atoms with Gasteiger partial charge in [0.2, 0.25) is 0 Å². The van der Waals surface area contributed by atoms with E-state index in [1.54, 1.807) is 18.2 Å². The minimum absolute atomic E-state index is 0.204. The lowest BCUT2D eigenvalue weighted by Gasteiger charge is -2.27. The number of carbonyl (C=O) groups is 1. The summed E-state index contributed by atoms with van der Waals surface area (Å²) in [6.45, 7) is 10.4. The molecule has 128 valence electrons. The average Bonchev–Trinajstić information content (AvgIpc) is 2.46. The number of ether oxygens (including phenoxy) is 1. The number of nitrogens with one attached hydrogen (secondary N) is 2. The summed E-state index contributed by atoms with van der Waals surface area (Å²) < 4.78 is 5.29. The van der Waals surface area contributed by atoms with Gasteiger partial charge in [0.15, 0.2) is 0 Å². The summed E-state index contributed by atoms with van der Waals surface area (Å²) in [7, 11) is 0. The summed E-state index contributed by atoms with van der Waals surface area (Å²) in [6.07, 6.45) is 0.283. The van der Waals surface area contributed by atoms with Gasteiger partial charge in [-0.15, -0.1) is 0 Å². The Morgan fingerprint density at radius 2 is 2.04 bits per heavy atom. The lowest BCUT2D eigenvalue weighted by molar-refractivity contribution is 0.0635. The van der Waals surface area contributed by atoms with Crippen LogP contribution in [0.2, 0.25) is 0 Å². The second-order valence-electron chi connectivity index (χ2n) is 6.81. The third-order valence-electron chi connectivity index (χ3n) is 3.63. The SMILES string of the molecule is CC(C)(C)OC(=O)Nc1ccc(O)cc1CCN1CCNCC1. The quantitative estimate of drug-likeness (QED) is 0.741. The fourth-order valence-electron chi connectivity index (χ4n) is 2.54. The van der Waals surface area contributed by atoms with Crippen molar-refractivity contribution in [2.24, 2.45) is 0 Å². The maximum absolute atomic E-state index is 12.0. The minimum Gasteiger partial charge on any atom is -0.508 e. The number of hydrogen-bond donors (Lipinski definition) is 3. The van der Waals surface area contributed by atoms with Crippen LogP contribution in [0.25, 0.3) is 0 Å². The van der Waals surface area contributed by atoms with Crippen LogP contribution in [0, 0.1) is 0 Å². The maximum Gasteiger partial charge on any atom is 0.412 e. The second kappa shape index (κ2) is 7.66. The van der Waals surface area contributed by atoms with E-state index in [0.717, 1.165) is 44.7 Å². The van der Waals surface area contributed by atoms with Crippen LogP contribution >= 0.6 is 0 Å². The fourth-order valence-corrected chi connectivity index (χ4v) is 2.54. The number of phenols is 1. The number of hydrogen-bond acceptors (Lipinski definition) is 5. The van der Waals surface area contributed by atoms with E-state index in [2.05, 4.69) is 15.5 Å². The predicted molar refractivity (Wildman–Crippen MR) is 91.0 cm³/mol. The first-order chi connectivity index (χ1) is 10.8. The smallest absolute Gasteiger partial charge is 0.412 e. The lowest BCUT2D eigenvalue weighted by atomic mass is 10.1. The van der Waals surface area contributed by atoms with Crippen molar-refractivity contribution in [3.05, 3.63) is 23.8 Å².